The van der Waals surface area contributed by atoms with Gasteiger partial charge in [0.15, 0.2) is 0 Å². The molecule has 0 saturated heterocycles. The van der Waals surface area contributed by atoms with Crippen LogP contribution in [-0.4, -0.2) is 23.1 Å². The average Bonchev–Trinajstić information content (AvgIpc) is 2.27. The van der Waals surface area contributed by atoms with Crippen LogP contribution in [0, 0.1) is 0 Å². The summed E-state index contributed by atoms with van der Waals surface area (Å²) in [5.41, 5.74) is -0.901. The fraction of sp³-hybridized carbons (Fsp3) is 0.667. The highest BCUT2D eigenvalue weighted by atomic mass is 16.6. The third kappa shape index (κ3) is 14.8. The molecule has 4 heteroatoms. The van der Waals surface area contributed by atoms with Gasteiger partial charge in [-0.25, -0.2) is 9.59 Å². The van der Waals surface area contributed by atoms with Gasteiger partial charge in [0.1, 0.15) is 11.2 Å². The highest BCUT2D eigenvalue weighted by Crippen LogP contribution is 2.09. The number of carbonyl (C=O) groups excluding carboxylic acids is 2. The Morgan fingerprint density at radius 2 is 1.05 bits per heavy atom. The molecule has 0 unspecified atom stereocenters. The Hall–Kier alpha value is -1.58. The highest BCUT2D eigenvalue weighted by Gasteiger charge is 2.14. The molecular weight excluding hydrogens is 280 g/mol. The largest absolute Gasteiger partial charge is 0.457 e. The molecule has 0 N–H and O–H groups in total. The van der Waals surface area contributed by atoms with Gasteiger partial charge in [-0.1, -0.05) is 12.2 Å². The van der Waals surface area contributed by atoms with Gasteiger partial charge in [0, 0.05) is 12.2 Å². The highest BCUT2D eigenvalue weighted by molar-refractivity contribution is 5.82. The second-order valence-electron chi connectivity index (χ2n) is 7.16. The summed E-state index contributed by atoms with van der Waals surface area (Å²) in [5, 5.41) is 0. The third-order valence-corrected chi connectivity index (χ3v) is 2.31. The molecule has 126 valence electrons. The standard InChI is InChI=1S/C18H30O4/c1-17(2,3)21-15(19)13-11-9-7-8-10-12-14-16(20)22-18(4,5)6/h11-14H,7-10H2,1-6H3/b13-11+,14-12+. The van der Waals surface area contributed by atoms with Crippen molar-refractivity contribution in [2.75, 3.05) is 0 Å². The van der Waals surface area contributed by atoms with Gasteiger partial charge >= 0.3 is 11.9 Å². The van der Waals surface area contributed by atoms with Crippen molar-refractivity contribution in [3.05, 3.63) is 24.3 Å². The van der Waals surface area contributed by atoms with Crippen LogP contribution in [0.2, 0.25) is 0 Å². The molecule has 0 aromatic heterocycles. The molecule has 0 saturated carbocycles. The van der Waals surface area contributed by atoms with Crippen molar-refractivity contribution in [3.8, 4) is 0 Å². The smallest absolute Gasteiger partial charge is 0.330 e. The molecule has 0 aliphatic carbocycles. The maximum Gasteiger partial charge on any atom is 0.330 e. The van der Waals surface area contributed by atoms with E-state index in [0.717, 1.165) is 25.7 Å². The first-order valence-corrected chi connectivity index (χ1v) is 7.79. The van der Waals surface area contributed by atoms with Crippen LogP contribution in [0.1, 0.15) is 67.2 Å². The summed E-state index contributed by atoms with van der Waals surface area (Å²) in [7, 11) is 0. The molecule has 0 aliphatic rings. The first kappa shape index (κ1) is 20.4. The molecule has 0 spiro atoms. The molecule has 0 heterocycles. The number of allylic oxidation sites excluding steroid dienone is 2. The van der Waals surface area contributed by atoms with Crippen LogP contribution >= 0.6 is 0 Å². The predicted molar refractivity (Wildman–Crippen MR) is 88.4 cm³/mol. The lowest BCUT2D eigenvalue weighted by Gasteiger charge is -2.17. The number of carbonyl (C=O) groups is 2. The predicted octanol–water partition coefficient (Wildman–Crippen LogP) is 4.34. The molecule has 0 aromatic carbocycles. The molecule has 0 atom stereocenters. The summed E-state index contributed by atoms with van der Waals surface area (Å²) >= 11 is 0. The van der Waals surface area contributed by atoms with E-state index in [2.05, 4.69) is 0 Å². The molecule has 22 heavy (non-hydrogen) atoms. The zero-order valence-corrected chi connectivity index (χ0v) is 14.8. The van der Waals surface area contributed by atoms with E-state index in [1.165, 1.54) is 12.2 Å². The maximum atomic E-state index is 11.4. The number of hydrogen-bond donors (Lipinski definition) is 0. The van der Waals surface area contributed by atoms with Crippen LogP contribution < -0.4 is 0 Å². The molecule has 4 nitrogen and oxygen atoms in total. The van der Waals surface area contributed by atoms with Crippen LogP contribution in [-0.2, 0) is 19.1 Å². The van der Waals surface area contributed by atoms with Crippen LogP contribution in [0.4, 0.5) is 0 Å². The fourth-order valence-electron chi connectivity index (χ4n) is 1.56. The molecular formula is C18H30O4. The summed E-state index contributed by atoms with van der Waals surface area (Å²) in [6.45, 7) is 11.1. The summed E-state index contributed by atoms with van der Waals surface area (Å²) in [6, 6.07) is 0. The van der Waals surface area contributed by atoms with Crippen LogP contribution in [0.15, 0.2) is 24.3 Å². The zero-order chi connectivity index (χ0) is 17.2. The van der Waals surface area contributed by atoms with E-state index in [4.69, 9.17) is 9.47 Å². The molecule has 0 aliphatic heterocycles. The van der Waals surface area contributed by atoms with E-state index in [9.17, 15) is 9.59 Å². The van der Waals surface area contributed by atoms with Crippen molar-refractivity contribution in [1.82, 2.24) is 0 Å². The Morgan fingerprint density at radius 1 is 0.727 bits per heavy atom. The van der Waals surface area contributed by atoms with Gasteiger partial charge in [0.05, 0.1) is 0 Å². The van der Waals surface area contributed by atoms with Gasteiger partial charge in [0.2, 0.25) is 0 Å². The monoisotopic (exact) mass is 310 g/mol. The fourth-order valence-corrected chi connectivity index (χ4v) is 1.56. The number of ether oxygens (including phenoxy) is 2. The van der Waals surface area contributed by atoms with E-state index >= 15 is 0 Å². The normalized spacial score (nSPS) is 12.8. The molecule has 0 radical (unpaired) electrons. The van der Waals surface area contributed by atoms with E-state index in [-0.39, 0.29) is 11.9 Å². The van der Waals surface area contributed by atoms with Crippen molar-refractivity contribution in [2.45, 2.75) is 78.4 Å². The topological polar surface area (TPSA) is 52.6 Å². The van der Waals surface area contributed by atoms with Gasteiger partial charge in [-0.3, -0.25) is 0 Å². The van der Waals surface area contributed by atoms with E-state index in [1.807, 2.05) is 53.7 Å². The number of unbranched alkanes of at least 4 members (excludes halogenated alkanes) is 3. The van der Waals surface area contributed by atoms with Crippen molar-refractivity contribution in [3.63, 3.8) is 0 Å². The van der Waals surface area contributed by atoms with E-state index < -0.39 is 11.2 Å². The Morgan fingerprint density at radius 3 is 1.32 bits per heavy atom. The Labute approximate surface area is 134 Å². The lowest BCUT2D eigenvalue weighted by atomic mass is 10.1. The quantitative estimate of drug-likeness (QED) is 0.399. The summed E-state index contributed by atoms with van der Waals surface area (Å²) in [4.78, 5) is 22.8. The summed E-state index contributed by atoms with van der Waals surface area (Å²) in [5.74, 6) is -0.616. The number of hydrogen-bond acceptors (Lipinski definition) is 4. The molecule has 0 fully saturated rings. The summed E-state index contributed by atoms with van der Waals surface area (Å²) in [6.07, 6.45) is 10.1. The summed E-state index contributed by atoms with van der Waals surface area (Å²) < 4.78 is 10.3. The molecule has 0 aromatic rings. The Bertz CT molecular complexity index is 366. The average molecular weight is 310 g/mol. The van der Waals surface area contributed by atoms with Crippen LogP contribution in [0.3, 0.4) is 0 Å². The van der Waals surface area contributed by atoms with E-state index in [0.29, 0.717) is 0 Å². The lowest BCUT2D eigenvalue weighted by molar-refractivity contribution is -0.149. The minimum Gasteiger partial charge on any atom is -0.457 e. The Balaban J connectivity index is 3.74. The number of esters is 2. The third-order valence-electron chi connectivity index (χ3n) is 2.31. The second-order valence-corrected chi connectivity index (χ2v) is 7.16. The Kier molecular flexibility index (Phi) is 8.76. The SMILES string of the molecule is CC(C)(C)OC(=O)/C=C/CCCC/C=C/C(=O)OC(C)(C)C. The van der Waals surface area contributed by atoms with Crippen LogP contribution in [0.25, 0.3) is 0 Å². The second kappa shape index (κ2) is 9.44. The minimum absolute atomic E-state index is 0.308. The maximum absolute atomic E-state index is 11.4. The van der Waals surface area contributed by atoms with Gasteiger partial charge in [-0.15, -0.1) is 0 Å². The van der Waals surface area contributed by atoms with Gasteiger partial charge in [-0.2, -0.15) is 0 Å². The van der Waals surface area contributed by atoms with Crippen molar-refractivity contribution in [1.29, 1.82) is 0 Å². The first-order valence-electron chi connectivity index (χ1n) is 7.79. The lowest BCUT2D eigenvalue weighted by Crippen LogP contribution is -2.22. The molecule has 0 rings (SSSR count). The van der Waals surface area contributed by atoms with Gasteiger partial charge in [-0.05, 0) is 67.2 Å². The van der Waals surface area contributed by atoms with E-state index in [1.54, 1.807) is 0 Å². The van der Waals surface area contributed by atoms with Crippen molar-refractivity contribution >= 4 is 11.9 Å². The van der Waals surface area contributed by atoms with Crippen LogP contribution in [0.5, 0.6) is 0 Å². The van der Waals surface area contributed by atoms with Gasteiger partial charge < -0.3 is 9.47 Å². The molecule has 0 amide bonds. The molecule has 0 bridgehead atoms. The minimum atomic E-state index is -0.451. The van der Waals surface area contributed by atoms with Crippen molar-refractivity contribution < 1.29 is 19.1 Å². The first-order chi connectivity index (χ1) is 9.99. The van der Waals surface area contributed by atoms with Crippen molar-refractivity contribution in [2.24, 2.45) is 0 Å². The van der Waals surface area contributed by atoms with Gasteiger partial charge in [0.25, 0.3) is 0 Å². The zero-order valence-electron chi connectivity index (χ0n) is 14.8. The number of rotatable bonds is 7.